The first-order valence-electron chi connectivity index (χ1n) is 9.06. The third-order valence-corrected chi connectivity index (χ3v) is 5.29. The van der Waals surface area contributed by atoms with Gasteiger partial charge in [-0.2, -0.15) is 13.2 Å². The van der Waals surface area contributed by atoms with Crippen molar-refractivity contribution in [1.29, 1.82) is 0 Å². The zero-order valence-electron chi connectivity index (χ0n) is 16.4. The third kappa shape index (κ3) is 5.56. The Kier molecular flexibility index (Phi) is 6.71. The summed E-state index contributed by atoms with van der Waals surface area (Å²) in [6, 6.07) is 12.0. The maximum Gasteiger partial charge on any atom is 0.422 e. The van der Waals surface area contributed by atoms with Crippen molar-refractivity contribution >= 4 is 23.4 Å². The van der Waals surface area contributed by atoms with Crippen molar-refractivity contribution in [3.05, 3.63) is 66.0 Å². The van der Waals surface area contributed by atoms with Gasteiger partial charge in [-0.1, -0.05) is 36.0 Å². The normalized spacial score (nSPS) is 11.4. The Labute approximate surface area is 176 Å². The number of carbonyl (C=O) groups is 1. The SMILES string of the molecule is Cc1cccc(-n2ccnc2SCC(=O)Nc2ccccc2OCC(F)(F)F)c1C. The Hall–Kier alpha value is -2.94. The summed E-state index contributed by atoms with van der Waals surface area (Å²) in [7, 11) is 0. The number of rotatable bonds is 7. The van der Waals surface area contributed by atoms with Crippen molar-refractivity contribution in [2.24, 2.45) is 0 Å². The van der Waals surface area contributed by atoms with Crippen molar-refractivity contribution in [3.8, 4) is 11.4 Å². The number of thioether (sulfide) groups is 1. The molecule has 0 saturated carbocycles. The van der Waals surface area contributed by atoms with Crippen LogP contribution in [0.25, 0.3) is 5.69 Å². The van der Waals surface area contributed by atoms with Crippen molar-refractivity contribution < 1.29 is 22.7 Å². The number of aryl methyl sites for hydroxylation is 1. The molecule has 0 spiro atoms. The van der Waals surface area contributed by atoms with Crippen LogP contribution in [0.15, 0.2) is 60.0 Å². The monoisotopic (exact) mass is 435 g/mol. The van der Waals surface area contributed by atoms with Gasteiger partial charge in [0.2, 0.25) is 5.91 Å². The van der Waals surface area contributed by atoms with Gasteiger partial charge in [0.05, 0.1) is 17.1 Å². The number of nitrogens with one attached hydrogen (secondary N) is 1. The topological polar surface area (TPSA) is 56.2 Å². The second kappa shape index (κ2) is 9.25. The molecular formula is C21H20F3N3O2S. The predicted molar refractivity (Wildman–Crippen MR) is 110 cm³/mol. The zero-order valence-corrected chi connectivity index (χ0v) is 17.2. The molecule has 9 heteroatoms. The van der Waals surface area contributed by atoms with Crippen LogP contribution in [0.1, 0.15) is 11.1 Å². The molecule has 0 atom stereocenters. The maximum absolute atomic E-state index is 12.4. The second-order valence-electron chi connectivity index (χ2n) is 6.54. The van der Waals surface area contributed by atoms with Crippen molar-refractivity contribution in [1.82, 2.24) is 9.55 Å². The van der Waals surface area contributed by atoms with Gasteiger partial charge in [-0.25, -0.2) is 4.98 Å². The molecule has 0 unspecified atom stereocenters. The molecule has 0 bridgehead atoms. The van der Waals surface area contributed by atoms with E-state index in [1.165, 1.54) is 30.0 Å². The number of imidazole rings is 1. The smallest absolute Gasteiger partial charge is 0.422 e. The largest absolute Gasteiger partial charge is 0.482 e. The molecule has 0 saturated heterocycles. The van der Waals surface area contributed by atoms with Gasteiger partial charge in [-0.05, 0) is 43.2 Å². The van der Waals surface area contributed by atoms with Crippen LogP contribution in [0.5, 0.6) is 5.75 Å². The quantitative estimate of drug-likeness (QED) is 0.521. The summed E-state index contributed by atoms with van der Waals surface area (Å²) in [5.74, 6) is -0.376. The Morgan fingerprint density at radius 3 is 2.70 bits per heavy atom. The van der Waals surface area contributed by atoms with Crippen LogP contribution >= 0.6 is 11.8 Å². The van der Waals surface area contributed by atoms with E-state index in [9.17, 15) is 18.0 Å². The van der Waals surface area contributed by atoms with E-state index in [1.54, 1.807) is 12.3 Å². The fraction of sp³-hybridized carbons (Fsp3) is 0.238. The average molecular weight is 435 g/mol. The summed E-state index contributed by atoms with van der Waals surface area (Å²) in [6.45, 7) is 2.61. The van der Waals surface area contributed by atoms with Crippen LogP contribution in [0, 0.1) is 13.8 Å². The summed E-state index contributed by atoms with van der Waals surface area (Å²) >= 11 is 1.23. The predicted octanol–water partition coefficient (Wildman–Crippen LogP) is 5.16. The standard InChI is InChI=1S/C21H20F3N3O2S/c1-14-6-5-8-17(15(14)2)27-11-10-25-20(27)30-12-19(28)26-16-7-3-4-9-18(16)29-13-21(22,23)24/h3-11H,12-13H2,1-2H3,(H,26,28). The molecule has 2 aromatic carbocycles. The number of ether oxygens (including phenoxy) is 1. The maximum atomic E-state index is 12.4. The Balaban J connectivity index is 1.66. The van der Waals surface area contributed by atoms with E-state index in [0.717, 1.165) is 16.8 Å². The first kappa shape index (κ1) is 21.8. The Morgan fingerprint density at radius 1 is 1.17 bits per heavy atom. The number of para-hydroxylation sites is 2. The number of benzene rings is 2. The van der Waals surface area contributed by atoms with Crippen LogP contribution in [-0.4, -0.2) is 34.0 Å². The minimum absolute atomic E-state index is 0.0370. The van der Waals surface area contributed by atoms with Crippen LogP contribution in [-0.2, 0) is 4.79 Å². The molecule has 30 heavy (non-hydrogen) atoms. The molecular weight excluding hydrogens is 415 g/mol. The molecule has 1 heterocycles. The molecule has 5 nitrogen and oxygen atoms in total. The van der Waals surface area contributed by atoms with E-state index in [-0.39, 0.29) is 23.1 Å². The molecule has 1 N–H and O–H groups in total. The van der Waals surface area contributed by atoms with E-state index in [0.29, 0.717) is 5.16 Å². The molecule has 3 aromatic rings. The van der Waals surface area contributed by atoms with Gasteiger partial charge < -0.3 is 10.1 Å². The van der Waals surface area contributed by atoms with E-state index in [1.807, 2.05) is 42.8 Å². The number of amides is 1. The number of anilines is 1. The van der Waals surface area contributed by atoms with Gasteiger partial charge in [0.15, 0.2) is 11.8 Å². The highest BCUT2D eigenvalue weighted by atomic mass is 32.2. The Bertz CT molecular complexity index is 1030. The molecule has 1 aromatic heterocycles. The number of alkyl halides is 3. The molecule has 1 amide bonds. The number of aromatic nitrogens is 2. The van der Waals surface area contributed by atoms with E-state index in [4.69, 9.17) is 4.74 Å². The lowest BCUT2D eigenvalue weighted by Crippen LogP contribution is -2.20. The second-order valence-corrected chi connectivity index (χ2v) is 7.48. The molecule has 0 aliphatic heterocycles. The van der Waals surface area contributed by atoms with E-state index >= 15 is 0 Å². The summed E-state index contributed by atoms with van der Waals surface area (Å²) < 4.78 is 44.0. The van der Waals surface area contributed by atoms with Crippen molar-refractivity contribution in [3.63, 3.8) is 0 Å². The lowest BCUT2D eigenvalue weighted by atomic mass is 10.1. The average Bonchev–Trinajstić information content (AvgIpc) is 3.15. The van der Waals surface area contributed by atoms with Crippen LogP contribution < -0.4 is 10.1 Å². The minimum Gasteiger partial charge on any atom is -0.482 e. The highest BCUT2D eigenvalue weighted by Gasteiger charge is 2.28. The van der Waals surface area contributed by atoms with Gasteiger partial charge in [0, 0.05) is 12.4 Å². The number of nitrogens with zero attached hydrogens (tertiary/aromatic N) is 2. The van der Waals surface area contributed by atoms with Crippen LogP contribution in [0.3, 0.4) is 0 Å². The highest BCUT2D eigenvalue weighted by Crippen LogP contribution is 2.28. The highest BCUT2D eigenvalue weighted by molar-refractivity contribution is 7.99. The third-order valence-electron chi connectivity index (χ3n) is 4.33. The lowest BCUT2D eigenvalue weighted by molar-refractivity contribution is -0.153. The van der Waals surface area contributed by atoms with Gasteiger partial charge in [-0.3, -0.25) is 9.36 Å². The summed E-state index contributed by atoms with van der Waals surface area (Å²) in [6.07, 6.45) is -0.984. The lowest BCUT2D eigenvalue weighted by Gasteiger charge is -2.14. The van der Waals surface area contributed by atoms with Gasteiger partial charge in [0.25, 0.3) is 0 Å². The van der Waals surface area contributed by atoms with Gasteiger partial charge in [-0.15, -0.1) is 0 Å². The first-order valence-corrected chi connectivity index (χ1v) is 10.0. The van der Waals surface area contributed by atoms with Gasteiger partial charge in [0.1, 0.15) is 5.75 Å². The number of halogens is 3. The van der Waals surface area contributed by atoms with Crippen LogP contribution in [0.4, 0.5) is 18.9 Å². The summed E-state index contributed by atoms with van der Waals surface area (Å²) in [5.41, 5.74) is 3.41. The number of hydrogen-bond donors (Lipinski definition) is 1. The van der Waals surface area contributed by atoms with Crippen molar-refractivity contribution in [2.75, 3.05) is 17.7 Å². The molecule has 0 radical (unpaired) electrons. The summed E-state index contributed by atoms with van der Waals surface area (Å²) in [5, 5.41) is 3.24. The van der Waals surface area contributed by atoms with E-state index in [2.05, 4.69) is 10.3 Å². The minimum atomic E-state index is -4.46. The number of carbonyl (C=O) groups excluding carboxylic acids is 1. The fourth-order valence-electron chi connectivity index (χ4n) is 2.75. The fourth-order valence-corrected chi connectivity index (χ4v) is 3.51. The summed E-state index contributed by atoms with van der Waals surface area (Å²) in [4.78, 5) is 16.7. The number of hydrogen-bond acceptors (Lipinski definition) is 4. The Morgan fingerprint density at radius 2 is 1.93 bits per heavy atom. The zero-order chi connectivity index (χ0) is 21.7. The van der Waals surface area contributed by atoms with Gasteiger partial charge >= 0.3 is 6.18 Å². The van der Waals surface area contributed by atoms with E-state index < -0.39 is 12.8 Å². The molecule has 3 rings (SSSR count). The molecule has 0 aliphatic carbocycles. The molecule has 158 valence electrons. The molecule has 0 aliphatic rings. The molecule has 0 fully saturated rings. The first-order chi connectivity index (χ1) is 14.2. The van der Waals surface area contributed by atoms with Crippen LogP contribution in [0.2, 0.25) is 0 Å². The van der Waals surface area contributed by atoms with Crippen molar-refractivity contribution in [2.45, 2.75) is 25.2 Å².